The van der Waals surface area contributed by atoms with Gasteiger partial charge >= 0.3 is 0 Å². The first-order valence-electron chi connectivity index (χ1n) is 11.6. The van der Waals surface area contributed by atoms with Crippen LogP contribution in [0.5, 0.6) is 0 Å². The molecule has 0 radical (unpaired) electrons. The minimum atomic E-state index is -0.384. The Morgan fingerprint density at radius 3 is 2.37 bits per heavy atom. The van der Waals surface area contributed by atoms with Crippen LogP contribution in [0.2, 0.25) is 0 Å². The number of nitrogens with zero attached hydrogens (tertiary/aromatic N) is 2. The summed E-state index contributed by atoms with van der Waals surface area (Å²) in [6.07, 6.45) is 0. The predicted octanol–water partition coefficient (Wildman–Crippen LogP) is 4.56. The Morgan fingerprint density at radius 1 is 0.914 bits per heavy atom. The van der Waals surface area contributed by atoms with Gasteiger partial charge in [-0.15, -0.1) is 0 Å². The highest BCUT2D eigenvalue weighted by molar-refractivity contribution is 7.99. The summed E-state index contributed by atoms with van der Waals surface area (Å²) in [6.45, 7) is 4.86. The Bertz CT molecular complexity index is 1150. The van der Waals surface area contributed by atoms with E-state index in [0.717, 1.165) is 15.5 Å². The highest BCUT2D eigenvalue weighted by Gasteiger charge is 2.26. The zero-order valence-corrected chi connectivity index (χ0v) is 20.4. The number of benzene rings is 3. The van der Waals surface area contributed by atoms with Gasteiger partial charge in [-0.25, -0.2) is 4.39 Å². The summed E-state index contributed by atoms with van der Waals surface area (Å²) in [4.78, 5) is 31.6. The van der Waals surface area contributed by atoms with Gasteiger partial charge in [0, 0.05) is 41.7 Å². The summed E-state index contributed by atoms with van der Waals surface area (Å²) >= 11 is 1.62. The minimum Gasteiger partial charge on any atom is -0.325 e. The molecule has 6 nitrogen and oxygen atoms in total. The van der Waals surface area contributed by atoms with E-state index in [9.17, 15) is 14.0 Å². The maximum atomic E-state index is 13.3. The van der Waals surface area contributed by atoms with Gasteiger partial charge in [0.1, 0.15) is 5.82 Å². The summed E-state index contributed by atoms with van der Waals surface area (Å²) < 4.78 is 13.3. The van der Waals surface area contributed by atoms with Gasteiger partial charge in [-0.05, 0) is 49.4 Å². The van der Waals surface area contributed by atoms with E-state index in [4.69, 9.17) is 0 Å². The molecule has 1 saturated heterocycles. The molecule has 0 aromatic heterocycles. The number of amides is 2. The fourth-order valence-corrected chi connectivity index (χ4v) is 4.88. The molecule has 1 unspecified atom stereocenters. The van der Waals surface area contributed by atoms with E-state index in [2.05, 4.69) is 15.5 Å². The molecule has 1 fully saturated rings. The molecule has 2 amide bonds. The highest BCUT2D eigenvalue weighted by Crippen LogP contribution is 2.33. The van der Waals surface area contributed by atoms with Crippen LogP contribution in [0.25, 0.3) is 0 Å². The van der Waals surface area contributed by atoms with Crippen molar-refractivity contribution < 1.29 is 14.0 Å². The Labute approximate surface area is 209 Å². The van der Waals surface area contributed by atoms with Gasteiger partial charge in [0.05, 0.1) is 18.3 Å². The number of carbonyl (C=O) groups is 2. The van der Waals surface area contributed by atoms with Crippen LogP contribution in [0.15, 0.2) is 88.7 Å². The first kappa shape index (κ1) is 24.9. The monoisotopic (exact) mass is 492 g/mol. The topological polar surface area (TPSA) is 64.7 Å². The lowest BCUT2D eigenvalue weighted by Gasteiger charge is -2.37. The largest absolute Gasteiger partial charge is 0.325 e. The molecular weight excluding hydrogens is 463 g/mol. The van der Waals surface area contributed by atoms with Gasteiger partial charge in [0.25, 0.3) is 0 Å². The first-order valence-corrected chi connectivity index (χ1v) is 12.4. The van der Waals surface area contributed by atoms with Crippen LogP contribution in [0.3, 0.4) is 0 Å². The number of nitrogens with one attached hydrogen (secondary N) is 2. The second-order valence-electron chi connectivity index (χ2n) is 8.45. The molecule has 8 heteroatoms. The van der Waals surface area contributed by atoms with Crippen LogP contribution >= 0.6 is 11.8 Å². The minimum absolute atomic E-state index is 0.0524. The van der Waals surface area contributed by atoms with Crippen LogP contribution in [0, 0.1) is 5.82 Å². The zero-order valence-electron chi connectivity index (χ0n) is 19.6. The molecule has 0 aliphatic carbocycles. The number of para-hydroxylation sites is 1. The van der Waals surface area contributed by atoms with Crippen molar-refractivity contribution in [3.8, 4) is 0 Å². The van der Waals surface area contributed by atoms with Crippen LogP contribution < -0.4 is 10.6 Å². The van der Waals surface area contributed by atoms with Crippen LogP contribution in [-0.2, 0) is 9.59 Å². The Kier molecular flexibility index (Phi) is 8.52. The first-order chi connectivity index (χ1) is 17.0. The number of halogens is 1. The number of hydrogen-bond acceptors (Lipinski definition) is 5. The van der Waals surface area contributed by atoms with Crippen molar-refractivity contribution in [2.24, 2.45) is 0 Å². The van der Waals surface area contributed by atoms with Gasteiger partial charge in [-0.1, -0.05) is 48.2 Å². The fourth-order valence-electron chi connectivity index (χ4n) is 3.96. The molecular formula is C27H29FN4O2S. The summed E-state index contributed by atoms with van der Waals surface area (Å²) in [7, 11) is 0. The summed E-state index contributed by atoms with van der Waals surface area (Å²) in [5.74, 6) is -0.615. The molecule has 3 aromatic carbocycles. The van der Waals surface area contributed by atoms with Crippen molar-refractivity contribution >= 4 is 35.0 Å². The second kappa shape index (κ2) is 12.0. The van der Waals surface area contributed by atoms with E-state index in [1.54, 1.807) is 23.9 Å². The maximum Gasteiger partial charge on any atom is 0.241 e. The lowest BCUT2D eigenvalue weighted by Crippen LogP contribution is -2.53. The number of carbonyl (C=O) groups excluding carboxylic acids is 2. The van der Waals surface area contributed by atoms with E-state index in [-0.39, 0.29) is 30.2 Å². The lowest BCUT2D eigenvalue weighted by atomic mass is 10.2. The molecule has 0 saturated carbocycles. The normalized spacial score (nSPS) is 15.4. The molecule has 4 rings (SSSR count). The molecule has 2 N–H and O–H groups in total. The molecule has 3 aromatic rings. The van der Waals surface area contributed by atoms with Crippen molar-refractivity contribution in [3.05, 3.63) is 84.7 Å². The van der Waals surface area contributed by atoms with Crippen molar-refractivity contribution in [3.63, 3.8) is 0 Å². The highest BCUT2D eigenvalue weighted by atomic mass is 32.2. The van der Waals surface area contributed by atoms with Crippen LogP contribution in [0.1, 0.15) is 6.92 Å². The maximum absolute atomic E-state index is 13.3. The molecule has 1 aliphatic heterocycles. The smallest absolute Gasteiger partial charge is 0.241 e. The summed E-state index contributed by atoms with van der Waals surface area (Å²) in [5.41, 5.74) is 1.25. The van der Waals surface area contributed by atoms with E-state index in [1.807, 2.05) is 66.4 Å². The Balaban J connectivity index is 1.27. The quantitative estimate of drug-likeness (QED) is 0.483. The fraction of sp³-hybridized carbons (Fsp3) is 0.259. The third-order valence-electron chi connectivity index (χ3n) is 5.93. The summed E-state index contributed by atoms with van der Waals surface area (Å²) in [5, 5.41) is 5.83. The second-order valence-corrected chi connectivity index (χ2v) is 9.56. The van der Waals surface area contributed by atoms with E-state index >= 15 is 0 Å². The van der Waals surface area contributed by atoms with Gasteiger partial charge in [-0.2, -0.15) is 0 Å². The van der Waals surface area contributed by atoms with Gasteiger partial charge in [0.2, 0.25) is 11.8 Å². The number of rotatable bonds is 8. The number of hydrogen-bond donors (Lipinski definition) is 2. The molecule has 0 spiro atoms. The number of piperazine rings is 1. The lowest BCUT2D eigenvalue weighted by molar-refractivity contribution is -0.122. The van der Waals surface area contributed by atoms with Crippen molar-refractivity contribution in [2.75, 3.05) is 43.4 Å². The van der Waals surface area contributed by atoms with E-state index in [0.29, 0.717) is 31.9 Å². The van der Waals surface area contributed by atoms with Gasteiger partial charge in [0.15, 0.2) is 0 Å². The summed E-state index contributed by atoms with van der Waals surface area (Å²) in [6, 6.07) is 23.4. The Hall–Kier alpha value is -3.20. The molecule has 1 heterocycles. The van der Waals surface area contributed by atoms with E-state index in [1.165, 1.54) is 12.1 Å². The predicted molar refractivity (Wildman–Crippen MR) is 138 cm³/mol. The number of anilines is 2. The van der Waals surface area contributed by atoms with Gasteiger partial charge in [-0.3, -0.25) is 19.4 Å². The third-order valence-corrected chi connectivity index (χ3v) is 7.01. The van der Waals surface area contributed by atoms with E-state index < -0.39 is 0 Å². The van der Waals surface area contributed by atoms with Crippen molar-refractivity contribution in [1.29, 1.82) is 0 Å². The molecule has 1 atom stereocenters. The molecule has 0 bridgehead atoms. The zero-order chi connectivity index (χ0) is 24.6. The van der Waals surface area contributed by atoms with Crippen LogP contribution in [-0.4, -0.2) is 60.4 Å². The van der Waals surface area contributed by atoms with Gasteiger partial charge < -0.3 is 10.6 Å². The molecule has 35 heavy (non-hydrogen) atoms. The van der Waals surface area contributed by atoms with Crippen molar-refractivity contribution in [1.82, 2.24) is 9.80 Å². The van der Waals surface area contributed by atoms with Crippen LogP contribution in [0.4, 0.5) is 15.8 Å². The SMILES string of the molecule is CC(C(=O)Nc1ccccc1Sc1ccccc1)N1CCN(CC(=O)Nc2cccc(F)c2)CC1. The molecule has 182 valence electrons. The standard InChI is InChI=1S/C27H29FN4O2S/c1-20(27(34)30-24-12-5-6-13-25(24)35-23-10-3-2-4-11-23)32-16-14-31(15-17-32)19-26(33)29-22-9-7-8-21(28)18-22/h2-13,18,20H,14-17,19H2,1H3,(H,29,33)(H,30,34). The van der Waals surface area contributed by atoms with Crippen molar-refractivity contribution in [2.45, 2.75) is 22.8 Å². The average molecular weight is 493 g/mol. The average Bonchev–Trinajstić information content (AvgIpc) is 2.86. The molecule has 1 aliphatic rings. The Morgan fingerprint density at radius 2 is 1.63 bits per heavy atom. The third kappa shape index (κ3) is 7.14.